The van der Waals surface area contributed by atoms with Gasteiger partial charge in [0.15, 0.2) is 11.6 Å². The zero-order chi connectivity index (χ0) is 27.0. The fraction of sp³-hybridized carbons (Fsp3) is 0.304. The lowest BCUT2D eigenvalue weighted by Crippen LogP contribution is -2.50. The van der Waals surface area contributed by atoms with Crippen molar-refractivity contribution in [3.05, 3.63) is 60.1 Å². The molecule has 14 heteroatoms. The number of aromatic nitrogens is 5. The first-order valence-corrected chi connectivity index (χ1v) is 12.6. The van der Waals surface area contributed by atoms with Crippen molar-refractivity contribution < 1.29 is 26.7 Å². The van der Waals surface area contributed by atoms with Gasteiger partial charge in [-0.3, -0.25) is 9.29 Å². The molecule has 0 spiro atoms. The van der Waals surface area contributed by atoms with Crippen LogP contribution in [0.2, 0.25) is 0 Å². The molecule has 37 heavy (non-hydrogen) atoms. The number of aryl methyl sites for hydroxylation is 1. The summed E-state index contributed by atoms with van der Waals surface area (Å²) in [5.74, 6) is 0.971. The highest BCUT2D eigenvalue weighted by atomic mass is 32.2. The van der Waals surface area contributed by atoms with E-state index in [9.17, 15) is 12.8 Å². The number of rotatable bonds is 9. The maximum absolute atomic E-state index is 13.5. The average Bonchev–Trinajstić information content (AvgIpc) is 3.48. The summed E-state index contributed by atoms with van der Waals surface area (Å²) < 4.78 is 61.1. The summed E-state index contributed by atoms with van der Waals surface area (Å²) in [6, 6.07) is 8.50. The molecule has 0 aliphatic rings. The first-order valence-electron chi connectivity index (χ1n) is 11.0. The number of sulfonamides is 1. The standard InChI is InChI=1S/C23H26FN7O5S/c1-13-9-10-18(36-13)20-28-29-22(31(20)19-16(34-4)7-6-8-17(19)35-5)30-37(32,33)14(2)23(3,25)21-26-11-15(24)12-27-21/h6-12,14H,25H2,1-5H3,(H,29,30). The normalized spacial score (nSPS) is 14.1. The lowest BCUT2D eigenvalue weighted by atomic mass is 9.99. The van der Waals surface area contributed by atoms with Gasteiger partial charge in [0.05, 0.1) is 32.2 Å². The van der Waals surface area contributed by atoms with Crippen molar-refractivity contribution in [1.29, 1.82) is 0 Å². The predicted molar refractivity (Wildman–Crippen MR) is 132 cm³/mol. The van der Waals surface area contributed by atoms with Crippen molar-refractivity contribution in [2.45, 2.75) is 31.6 Å². The fourth-order valence-electron chi connectivity index (χ4n) is 3.64. The monoisotopic (exact) mass is 531 g/mol. The molecule has 0 bridgehead atoms. The number of hydrogen-bond acceptors (Lipinski definition) is 10. The molecule has 4 aromatic rings. The second-order valence-corrected chi connectivity index (χ2v) is 10.4. The van der Waals surface area contributed by atoms with Gasteiger partial charge in [-0.1, -0.05) is 6.07 Å². The van der Waals surface area contributed by atoms with E-state index in [0.717, 1.165) is 12.4 Å². The van der Waals surface area contributed by atoms with E-state index in [0.29, 0.717) is 28.7 Å². The van der Waals surface area contributed by atoms with Crippen LogP contribution in [0.15, 0.2) is 47.1 Å². The van der Waals surface area contributed by atoms with E-state index in [1.807, 2.05) is 0 Å². The quantitative estimate of drug-likeness (QED) is 0.329. The van der Waals surface area contributed by atoms with Gasteiger partial charge in [0.2, 0.25) is 21.8 Å². The van der Waals surface area contributed by atoms with Crippen LogP contribution in [-0.4, -0.2) is 52.6 Å². The minimum Gasteiger partial charge on any atom is -0.494 e. The molecule has 0 aliphatic carbocycles. The molecular weight excluding hydrogens is 505 g/mol. The van der Waals surface area contributed by atoms with Crippen LogP contribution in [0.4, 0.5) is 10.3 Å². The minimum absolute atomic E-state index is 0.0496. The van der Waals surface area contributed by atoms with Crippen LogP contribution in [0.1, 0.15) is 25.4 Å². The Bertz CT molecular complexity index is 1490. The molecule has 0 saturated carbocycles. The Balaban J connectivity index is 1.84. The van der Waals surface area contributed by atoms with Crippen LogP contribution < -0.4 is 19.9 Å². The van der Waals surface area contributed by atoms with Crippen LogP contribution in [-0.2, 0) is 15.6 Å². The number of halogens is 1. The third-order valence-corrected chi connectivity index (χ3v) is 7.78. The first-order chi connectivity index (χ1) is 17.5. The van der Waals surface area contributed by atoms with Crippen LogP contribution in [0.3, 0.4) is 0 Å². The van der Waals surface area contributed by atoms with E-state index in [4.69, 9.17) is 19.6 Å². The van der Waals surface area contributed by atoms with Gasteiger partial charge in [-0.25, -0.2) is 22.8 Å². The largest absolute Gasteiger partial charge is 0.494 e. The number of ether oxygens (including phenoxy) is 2. The summed E-state index contributed by atoms with van der Waals surface area (Å²) in [7, 11) is -1.31. The van der Waals surface area contributed by atoms with Crippen LogP contribution in [0.25, 0.3) is 17.3 Å². The van der Waals surface area contributed by atoms with Crippen LogP contribution in [0.5, 0.6) is 11.5 Å². The zero-order valence-electron chi connectivity index (χ0n) is 20.8. The number of nitrogens with two attached hydrogens (primary N) is 1. The van der Waals surface area contributed by atoms with Crippen molar-refractivity contribution in [2.24, 2.45) is 5.73 Å². The van der Waals surface area contributed by atoms with Gasteiger partial charge >= 0.3 is 0 Å². The summed E-state index contributed by atoms with van der Waals surface area (Å²) in [5.41, 5.74) is 5.09. The highest BCUT2D eigenvalue weighted by Crippen LogP contribution is 2.38. The van der Waals surface area contributed by atoms with E-state index in [-0.39, 0.29) is 17.6 Å². The van der Waals surface area contributed by atoms with E-state index >= 15 is 0 Å². The number of nitrogens with zero attached hydrogens (tertiary/aromatic N) is 5. The molecule has 0 saturated heterocycles. The first kappa shape index (κ1) is 26.0. The number of furan rings is 1. The predicted octanol–water partition coefficient (Wildman–Crippen LogP) is 2.79. The third-order valence-electron chi connectivity index (χ3n) is 5.89. The van der Waals surface area contributed by atoms with Gasteiger partial charge in [-0.15, -0.1) is 10.2 Å². The minimum atomic E-state index is -4.25. The van der Waals surface area contributed by atoms with Gasteiger partial charge in [0.25, 0.3) is 0 Å². The molecule has 0 aliphatic heterocycles. The summed E-state index contributed by atoms with van der Waals surface area (Å²) in [5, 5.41) is 6.99. The van der Waals surface area contributed by atoms with Gasteiger partial charge in [-0.05, 0) is 45.0 Å². The molecule has 0 radical (unpaired) electrons. The number of anilines is 1. The molecule has 196 valence electrons. The number of hydrogen-bond donors (Lipinski definition) is 2. The Morgan fingerprint density at radius 3 is 2.27 bits per heavy atom. The molecule has 0 amide bonds. The third kappa shape index (κ3) is 4.84. The second kappa shape index (κ2) is 9.78. The maximum Gasteiger partial charge on any atom is 0.243 e. The van der Waals surface area contributed by atoms with Crippen molar-refractivity contribution in [2.75, 3.05) is 18.9 Å². The highest BCUT2D eigenvalue weighted by Gasteiger charge is 2.41. The van der Waals surface area contributed by atoms with Crippen molar-refractivity contribution in [1.82, 2.24) is 24.7 Å². The molecule has 2 unspecified atom stereocenters. The lowest BCUT2D eigenvalue weighted by molar-refractivity contribution is 0.391. The fourth-order valence-corrected chi connectivity index (χ4v) is 4.95. The van der Waals surface area contributed by atoms with E-state index in [1.54, 1.807) is 37.3 Å². The molecule has 12 nitrogen and oxygen atoms in total. The average molecular weight is 532 g/mol. The number of benzene rings is 1. The number of methoxy groups -OCH3 is 2. The molecule has 4 rings (SSSR count). The Morgan fingerprint density at radius 1 is 1.11 bits per heavy atom. The number of para-hydroxylation sites is 1. The molecule has 0 fully saturated rings. The Morgan fingerprint density at radius 2 is 1.73 bits per heavy atom. The molecule has 2 atom stereocenters. The van der Waals surface area contributed by atoms with E-state index in [1.165, 1.54) is 32.6 Å². The smallest absolute Gasteiger partial charge is 0.243 e. The Hall–Kier alpha value is -4.04. The summed E-state index contributed by atoms with van der Waals surface area (Å²) in [6.45, 7) is 4.59. The molecule has 3 aromatic heterocycles. The molecule has 1 aromatic carbocycles. The Kier molecular flexibility index (Phi) is 6.88. The molecule has 3 heterocycles. The Labute approximate surface area is 212 Å². The second-order valence-electron chi connectivity index (χ2n) is 8.40. The summed E-state index contributed by atoms with van der Waals surface area (Å²) >= 11 is 0. The van der Waals surface area contributed by atoms with Gasteiger partial charge in [-0.2, -0.15) is 0 Å². The van der Waals surface area contributed by atoms with Crippen molar-refractivity contribution >= 4 is 16.0 Å². The van der Waals surface area contributed by atoms with Gasteiger partial charge in [0, 0.05) is 0 Å². The van der Waals surface area contributed by atoms with Crippen LogP contribution in [0, 0.1) is 12.7 Å². The molecular formula is C23H26FN7O5S. The molecule has 3 N–H and O–H groups in total. The maximum atomic E-state index is 13.5. The van der Waals surface area contributed by atoms with Gasteiger partial charge < -0.3 is 19.6 Å². The van der Waals surface area contributed by atoms with Crippen LogP contribution >= 0.6 is 0 Å². The topological polar surface area (TPSA) is 160 Å². The summed E-state index contributed by atoms with van der Waals surface area (Å²) in [6.07, 6.45) is 1.84. The lowest BCUT2D eigenvalue weighted by Gasteiger charge is -2.29. The van der Waals surface area contributed by atoms with Crippen molar-refractivity contribution in [3.8, 4) is 28.8 Å². The van der Waals surface area contributed by atoms with Crippen molar-refractivity contribution in [3.63, 3.8) is 0 Å². The van der Waals surface area contributed by atoms with E-state index in [2.05, 4.69) is 24.9 Å². The number of nitrogens with one attached hydrogen (secondary N) is 1. The highest BCUT2D eigenvalue weighted by molar-refractivity contribution is 7.93. The SMILES string of the molecule is COc1cccc(OC)c1-n1c(NS(=O)(=O)C(C)C(C)(N)c2ncc(F)cn2)nnc1-c1ccc(C)o1. The van der Waals surface area contributed by atoms with Gasteiger partial charge in [0.1, 0.15) is 34.0 Å². The summed E-state index contributed by atoms with van der Waals surface area (Å²) in [4.78, 5) is 7.73. The zero-order valence-corrected chi connectivity index (χ0v) is 21.6. The van der Waals surface area contributed by atoms with E-state index < -0.39 is 26.6 Å².